The standard InChI is InChI=1S/C8H13N3O/c1-7(10-4-5-12)8-6-9-2-3-11-8/h2-3,6-7,10,12H,4-5H2,1H3/t7-/m1/s1. The molecular formula is C8H13N3O. The summed E-state index contributed by atoms with van der Waals surface area (Å²) >= 11 is 0. The molecule has 1 rings (SSSR count). The molecule has 0 spiro atoms. The molecule has 0 aliphatic carbocycles. The van der Waals surface area contributed by atoms with Crippen molar-refractivity contribution in [3.05, 3.63) is 24.3 Å². The molecule has 2 N–H and O–H groups in total. The van der Waals surface area contributed by atoms with E-state index in [4.69, 9.17) is 5.11 Å². The van der Waals surface area contributed by atoms with Gasteiger partial charge in [0.05, 0.1) is 12.3 Å². The Labute approximate surface area is 71.7 Å². The Morgan fingerprint density at radius 1 is 1.58 bits per heavy atom. The Kier molecular flexibility index (Phi) is 3.63. The molecule has 4 heteroatoms. The number of aliphatic hydroxyl groups excluding tert-OH is 1. The van der Waals surface area contributed by atoms with Crippen molar-refractivity contribution in [2.45, 2.75) is 13.0 Å². The van der Waals surface area contributed by atoms with Gasteiger partial charge in [-0.2, -0.15) is 0 Å². The first kappa shape index (κ1) is 9.09. The van der Waals surface area contributed by atoms with Gasteiger partial charge in [0.2, 0.25) is 0 Å². The van der Waals surface area contributed by atoms with Gasteiger partial charge in [0.25, 0.3) is 0 Å². The lowest BCUT2D eigenvalue weighted by atomic mass is 10.2. The van der Waals surface area contributed by atoms with E-state index in [0.29, 0.717) is 6.54 Å². The molecule has 1 aromatic rings. The molecular weight excluding hydrogens is 154 g/mol. The Bertz CT molecular complexity index is 215. The SMILES string of the molecule is C[C@@H](NCCO)c1cnccn1. The van der Waals surface area contributed by atoms with E-state index < -0.39 is 0 Å². The normalized spacial score (nSPS) is 12.8. The summed E-state index contributed by atoms with van der Waals surface area (Å²) in [7, 11) is 0. The second-order valence-corrected chi connectivity index (χ2v) is 2.53. The van der Waals surface area contributed by atoms with Gasteiger partial charge in [-0.05, 0) is 6.92 Å². The first-order valence-corrected chi connectivity index (χ1v) is 3.94. The molecule has 1 heterocycles. The van der Waals surface area contributed by atoms with Crippen molar-refractivity contribution in [2.24, 2.45) is 0 Å². The number of aromatic nitrogens is 2. The molecule has 0 aliphatic heterocycles. The van der Waals surface area contributed by atoms with Crippen molar-refractivity contribution < 1.29 is 5.11 Å². The zero-order valence-electron chi connectivity index (χ0n) is 7.07. The van der Waals surface area contributed by atoms with Crippen molar-refractivity contribution in [2.75, 3.05) is 13.2 Å². The van der Waals surface area contributed by atoms with Crippen LogP contribution >= 0.6 is 0 Å². The zero-order chi connectivity index (χ0) is 8.81. The number of hydrogen-bond donors (Lipinski definition) is 2. The van der Waals surface area contributed by atoms with Gasteiger partial charge in [0, 0.05) is 31.2 Å². The number of rotatable bonds is 4. The fourth-order valence-corrected chi connectivity index (χ4v) is 0.920. The van der Waals surface area contributed by atoms with Gasteiger partial charge in [-0.3, -0.25) is 9.97 Å². The molecule has 12 heavy (non-hydrogen) atoms. The van der Waals surface area contributed by atoms with Crippen LogP contribution < -0.4 is 5.32 Å². The zero-order valence-corrected chi connectivity index (χ0v) is 7.07. The van der Waals surface area contributed by atoms with Crippen LogP contribution in [0, 0.1) is 0 Å². The summed E-state index contributed by atoms with van der Waals surface area (Å²) in [5, 5.41) is 11.7. The summed E-state index contributed by atoms with van der Waals surface area (Å²) in [5.74, 6) is 0. The van der Waals surface area contributed by atoms with Crippen molar-refractivity contribution in [1.29, 1.82) is 0 Å². The van der Waals surface area contributed by atoms with Crippen molar-refractivity contribution >= 4 is 0 Å². The minimum atomic E-state index is 0.143. The first-order chi connectivity index (χ1) is 5.84. The first-order valence-electron chi connectivity index (χ1n) is 3.94. The van der Waals surface area contributed by atoms with Crippen LogP contribution in [0.3, 0.4) is 0 Å². The van der Waals surface area contributed by atoms with E-state index >= 15 is 0 Å². The van der Waals surface area contributed by atoms with Crippen molar-refractivity contribution in [1.82, 2.24) is 15.3 Å². The Hall–Kier alpha value is -1.00. The van der Waals surface area contributed by atoms with Crippen LogP contribution in [0.4, 0.5) is 0 Å². The third kappa shape index (κ3) is 2.56. The minimum Gasteiger partial charge on any atom is -0.395 e. The summed E-state index contributed by atoms with van der Waals surface area (Å²) in [4.78, 5) is 8.07. The number of hydrogen-bond acceptors (Lipinski definition) is 4. The van der Waals surface area contributed by atoms with Crippen molar-refractivity contribution in [3.8, 4) is 0 Å². The van der Waals surface area contributed by atoms with Gasteiger partial charge in [-0.25, -0.2) is 0 Å². The van der Waals surface area contributed by atoms with E-state index in [-0.39, 0.29) is 12.6 Å². The summed E-state index contributed by atoms with van der Waals surface area (Å²) in [5.41, 5.74) is 0.894. The third-order valence-electron chi connectivity index (χ3n) is 1.59. The smallest absolute Gasteiger partial charge is 0.0753 e. The number of aliphatic hydroxyl groups is 1. The Balaban J connectivity index is 2.48. The molecule has 66 valence electrons. The van der Waals surface area contributed by atoms with Crippen LogP contribution in [0.2, 0.25) is 0 Å². The Morgan fingerprint density at radius 3 is 3.00 bits per heavy atom. The lowest BCUT2D eigenvalue weighted by Crippen LogP contribution is -2.22. The Morgan fingerprint density at radius 2 is 2.42 bits per heavy atom. The van der Waals surface area contributed by atoms with Gasteiger partial charge >= 0.3 is 0 Å². The second kappa shape index (κ2) is 4.79. The summed E-state index contributed by atoms with van der Waals surface area (Å²) in [6.45, 7) is 2.71. The van der Waals surface area contributed by atoms with Gasteiger partial charge in [-0.1, -0.05) is 0 Å². The maximum Gasteiger partial charge on any atom is 0.0753 e. The maximum absolute atomic E-state index is 8.56. The van der Waals surface area contributed by atoms with E-state index in [0.717, 1.165) is 5.69 Å². The molecule has 1 aromatic heterocycles. The summed E-state index contributed by atoms with van der Waals surface area (Å²) in [6, 6.07) is 0.144. The van der Waals surface area contributed by atoms with E-state index in [9.17, 15) is 0 Å². The predicted molar refractivity (Wildman–Crippen MR) is 45.5 cm³/mol. The highest BCUT2D eigenvalue weighted by Gasteiger charge is 2.03. The largest absolute Gasteiger partial charge is 0.395 e. The average Bonchev–Trinajstić information content (AvgIpc) is 2.15. The molecule has 0 radical (unpaired) electrons. The lowest BCUT2D eigenvalue weighted by molar-refractivity contribution is 0.286. The highest BCUT2D eigenvalue weighted by Crippen LogP contribution is 2.04. The molecule has 1 atom stereocenters. The summed E-state index contributed by atoms with van der Waals surface area (Å²) < 4.78 is 0. The minimum absolute atomic E-state index is 0.143. The van der Waals surface area contributed by atoms with Gasteiger partial charge in [-0.15, -0.1) is 0 Å². The van der Waals surface area contributed by atoms with E-state index in [1.807, 2.05) is 6.92 Å². The summed E-state index contributed by atoms with van der Waals surface area (Å²) in [6.07, 6.45) is 5.02. The fourth-order valence-electron chi connectivity index (χ4n) is 0.920. The van der Waals surface area contributed by atoms with E-state index in [1.54, 1.807) is 18.6 Å². The maximum atomic E-state index is 8.56. The molecule has 0 aromatic carbocycles. The van der Waals surface area contributed by atoms with Crippen LogP contribution in [-0.2, 0) is 0 Å². The molecule has 0 saturated carbocycles. The van der Waals surface area contributed by atoms with Crippen LogP contribution in [0.15, 0.2) is 18.6 Å². The molecule has 0 saturated heterocycles. The highest BCUT2D eigenvalue weighted by molar-refractivity contribution is 5.00. The molecule has 0 fully saturated rings. The van der Waals surface area contributed by atoms with E-state index in [1.165, 1.54) is 0 Å². The molecule has 4 nitrogen and oxygen atoms in total. The fraction of sp³-hybridized carbons (Fsp3) is 0.500. The van der Waals surface area contributed by atoms with Crippen LogP contribution in [0.25, 0.3) is 0 Å². The lowest BCUT2D eigenvalue weighted by Gasteiger charge is -2.10. The predicted octanol–water partition coefficient (Wildman–Crippen LogP) is 0.120. The number of nitrogens with one attached hydrogen (secondary N) is 1. The van der Waals surface area contributed by atoms with Gasteiger partial charge in [0.1, 0.15) is 0 Å². The second-order valence-electron chi connectivity index (χ2n) is 2.53. The van der Waals surface area contributed by atoms with Crippen LogP contribution in [0.1, 0.15) is 18.7 Å². The van der Waals surface area contributed by atoms with Gasteiger partial charge < -0.3 is 10.4 Å². The molecule has 0 unspecified atom stereocenters. The van der Waals surface area contributed by atoms with E-state index in [2.05, 4.69) is 15.3 Å². The van der Waals surface area contributed by atoms with Gasteiger partial charge in [0.15, 0.2) is 0 Å². The third-order valence-corrected chi connectivity index (χ3v) is 1.59. The highest BCUT2D eigenvalue weighted by atomic mass is 16.3. The molecule has 0 amide bonds. The topological polar surface area (TPSA) is 58.0 Å². The average molecular weight is 167 g/mol. The van der Waals surface area contributed by atoms with Crippen molar-refractivity contribution in [3.63, 3.8) is 0 Å². The molecule has 0 aliphatic rings. The molecule has 0 bridgehead atoms. The van der Waals surface area contributed by atoms with Crippen LogP contribution in [0.5, 0.6) is 0 Å². The monoisotopic (exact) mass is 167 g/mol. The number of nitrogens with zero attached hydrogens (tertiary/aromatic N) is 2. The quantitative estimate of drug-likeness (QED) is 0.668. The van der Waals surface area contributed by atoms with Crippen LogP contribution in [-0.4, -0.2) is 28.2 Å².